The van der Waals surface area contributed by atoms with Gasteiger partial charge in [-0.3, -0.25) is 9.59 Å². The van der Waals surface area contributed by atoms with Gasteiger partial charge < -0.3 is 10.4 Å². The van der Waals surface area contributed by atoms with Gasteiger partial charge in [0.1, 0.15) is 0 Å². The standard InChI is InChI=1S/C15H16ClN3O3/c1-9(15(21)22)7-17-14(20)13-8-18-19(10(13)2)12-5-3-4-11(16)6-12/h3-6,8-9H,7H2,1-2H3,(H,17,20)(H,21,22). The smallest absolute Gasteiger partial charge is 0.308 e. The maximum atomic E-state index is 12.1. The van der Waals surface area contributed by atoms with Gasteiger partial charge in [-0.25, -0.2) is 4.68 Å². The summed E-state index contributed by atoms with van der Waals surface area (Å²) in [5, 5.41) is 16.2. The van der Waals surface area contributed by atoms with Crippen LogP contribution in [0.3, 0.4) is 0 Å². The lowest BCUT2D eigenvalue weighted by molar-refractivity contribution is -0.140. The van der Waals surface area contributed by atoms with Crippen molar-refractivity contribution in [1.29, 1.82) is 0 Å². The van der Waals surface area contributed by atoms with E-state index in [1.54, 1.807) is 29.8 Å². The lowest BCUT2D eigenvalue weighted by Crippen LogP contribution is -2.31. The summed E-state index contributed by atoms with van der Waals surface area (Å²) in [6, 6.07) is 7.13. The Morgan fingerprint density at radius 3 is 2.82 bits per heavy atom. The van der Waals surface area contributed by atoms with E-state index in [1.165, 1.54) is 13.1 Å². The zero-order chi connectivity index (χ0) is 16.3. The number of rotatable bonds is 5. The third-order valence-electron chi connectivity index (χ3n) is 3.30. The molecule has 1 unspecified atom stereocenters. The highest BCUT2D eigenvalue weighted by Crippen LogP contribution is 2.17. The summed E-state index contributed by atoms with van der Waals surface area (Å²) in [5.41, 5.74) is 1.81. The van der Waals surface area contributed by atoms with Crippen LogP contribution in [0.5, 0.6) is 0 Å². The number of carbonyl (C=O) groups excluding carboxylic acids is 1. The molecule has 0 saturated heterocycles. The first-order valence-electron chi connectivity index (χ1n) is 6.71. The third-order valence-corrected chi connectivity index (χ3v) is 3.53. The van der Waals surface area contributed by atoms with Crippen molar-refractivity contribution in [3.05, 3.63) is 46.7 Å². The minimum Gasteiger partial charge on any atom is -0.481 e. The Morgan fingerprint density at radius 1 is 1.45 bits per heavy atom. The van der Waals surface area contributed by atoms with Crippen LogP contribution in [0.1, 0.15) is 23.0 Å². The maximum absolute atomic E-state index is 12.1. The van der Waals surface area contributed by atoms with Crippen LogP contribution < -0.4 is 5.32 Å². The average molecular weight is 322 g/mol. The number of aromatic nitrogens is 2. The lowest BCUT2D eigenvalue weighted by atomic mass is 10.1. The molecule has 7 heteroatoms. The second-order valence-corrected chi connectivity index (χ2v) is 5.42. The van der Waals surface area contributed by atoms with Crippen LogP contribution in [0.4, 0.5) is 0 Å². The predicted octanol–water partition coefficient (Wildman–Crippen LogP) is 2.28. The fourth-order valence-electron chi connectivity index (χ4n) is 1.93. The largest absolute Gasteiger partial charge is 0.481 e. The van der Waals surface area contributed by atoms with Gasteiger partial charge in [-0.1, -0.05) is 24.6 Å². The number of nitrogens with zero attached hydrogens (tertiary/aromatic N) is 2. The molecule has 0 saturated carbocycles. The van der Waals surface area contributed by atoms with Crippen molar-refractivity contribution in [3.63, 3.8) is 0 Å². The second kappa shape index (κ2) is 6.62. The minimum atomic E-state index is -0.952. The average Bonchev–Trinajstić information content (AvgIpc) is 2.86. The summed E-state index contributed by atoms with van der Waals surface area (Å²) in [7, 11) is 0. The molecule has 1 aromatic heterocycles. The Bertz CT molecular complexity index is 712. The number of hydrogen-bond donors (Lipinski definition) is 2. The number of carbonyl (C=O) groups is 2. The molecule has 0 aliphatic rings. The van der Waals surface area contributed by atoms with Crippen molar-refractivity contribution in [2.45, 2.75) is 13.8 Å². The van der Waals surface area contributed by atoms with Gasteiger partial charge in [-0.05, 0) is 25.1 Å². The van der Waals surface area contributed by atoms with E-state index in [1.807, 2.05) is 6.07 Å². The van der Waals surface area contributed by atoms with E-state index in [4.69, 9.17) is 16.7 Å². The molecule has 0 aliphatic heterocycles. The van der Waals surface area contributed by atoms with Gasteiger partial charge in [0, 0.05) is 11.6 Å². The summed E-state index contributed by atoms with van der Waals surface area (Å²) in [4.78, 5) is 22.9. The zero-order valence-electron chi connectivity index (χ0n) is 12.2. The molecule has 1 atom stereocenters. The highest BCUT2D eigenvalue weighted by Gasteiger charge is 2.17. The van der Waals surface area contributed by atoms with E-state index in [0.717, 1.165) is 5.69 Å². The molecule has 0 spiro atoms. The molecule has 1 heterocycles. The minimum absolute atomic E-state index is 0.0654. The second-order valence-electron chi connectivity index (χ2n) is 4.98. The first-order valence-corrected chi connectivity index (χ1v) is 7.09. The van der Waals surface area contributed by atoms with Crippen molar-refractivity contribution in [3.8, 4) is 5.69 Å². The highest BCUT2D eigenvalue weighted by molar-refractivity contribution is 6.30. The summed E-state index contributed by atoms with van der Waals surface area (Å²) in [6.07, 6.45) is 1.46. The molecule has 0 bridgehead atoms. The van der Waals surface area contributed by atoms with E-state index in [0.29, 0.717) is 16.3 Å². The van der Waals surface area contributed by atoms with E-state index in [2.05, 4.69) is 10.4 Å². The first-order chi connectivity index (χ1) is 10.4. The van der Waals surface area contributed by atoms with Crippen LogP contribution in [-0.2, 0) is 4.79 Å². The molecule has 0 aliphatic carbocycles. The number of carboxylic acid groups (broad SMARTS) is 1. The summed E-state index contributed by atoms with van der Waals surface area (Å²) in [5.74, 6) is -1.95. The Balaban J connectivity index is 2.17. The van der Waals surface area contributed by atoms with Gasteiger partial charge >= 0.3 is 5.97 Å². The Kier molecular flexibility index (Phi) is 4.82. The van der Waals surface area contributed by atoms with Gasteiger partial charge in [0.05, 0.1) is 29.1 Å². The van der Waals surface area contributed by atoms with Gasteiger partial charge in [-0.2, -0.15) is 5.10 Å². The fourth-order valence-corrected chi connectivity index (χ4v) is 2.11. The monoisotopic (exact) mass is 321 g/mol. The summed E-state index contributed by atoms with van der Waals surface area (Å²) >= 11 is 5.95. The Labute approximate surface area is 132 Å². The van der Waals surface area contributed by atoms with Crippen molar-refractivity contribution in [2.75, 3.05) is 6.54 Å². The SMILES string of the molecule is Cc1c(C(=O)NCC(C)C(=O)O)cnn1-c1cccc(Cl)c1. The molecule has 2 N–H and O–H groups in total. The summed E-state index contributed by atoms with van der Waals surface area (Å²) < 4.78 is 1.61. The van der Waals surface area contributed by atoms with Gasteiger partial charge in [0.2, 0.25) is 0 Å². The summed E-state index contributed by atoms with van der Waals surface area (Å²) in [6.45, 7) is 3.37. The number of carboxylic acids is 1. The molecular weight excluding hydrogens is 306 g/mol. The normalized spacial score (nSPS) is 12.0. The maximum Gasteiger partial charge on any atom is 0.308 e. The molecule has 1 amide bonds. The number of aliphatic carboxylic acids is 1. The van der Waals surface area contributed by atoms with Crippen molar-refractivity contribution >= 4 is 23.5 Å². The van der Waals surface area contributed by atoms with E-state index >= 15 is 0 Å². The van der Waals surface area contributed by atoms with Crippen molar-refractivity contribution in [2.24, 2.45) is 5.92 Å². The third kappa shape index (κ3) is 3.46. The number of hydrogen-bond acceptors (Lipinski definition) is 3. The molecule has 22 heavy (non-hydrogen) atoms. The number of amides is 1. The van der Waals surface area contributed by atoms with Crippen LogP contribution in [0.2, 0.25) is 5.02 Å². The molecule has 0 fully saturated rings. The van der Waals surface area contributed by atoms with Crippen molar-refractivity contribution < 1.29 is 14.7 Å². The van der Waals surface area contributed by atoms with Crippen molar-refractivity contribution in [1.82, 2.24) is 15.1 Å². The number of benzene rings is 1. The van der Waals surface area contributed by atoms with Crippen LogP contribution in [0, 0.1) is 12.8 Å². The van der Waals surface area contributed by atoms with Gasteiger partial charge in [0.15, 0.2) is 0 Å². The molecule has 116 valence electrons. The van der Waals surface area contributed by atoms with Gasteiger partial charge in [-0.15, -0.1) is 0 Å². The quantitative estimate of drug-likeness (QED) is 0.885. The predicted molar refractivity (Wildman–Crippen MR) is 82.4 cm³/mol. The van der Waals surface area contributed by atoms with Crippen LogP contribution in [-0.4, -0.2) is 33.3 Å². The topological polar surface area (TPSA) is 84.2 Å². The zero-order valence-corrected chi connectivity index (χ0v) is 13.0. The number of nitrogens with one attached hydrogen (secondary N) is 1. The van der Waals surface area contributed by atoms with E-state index < -0.39 is 11.9 Å². The molecule has 1 aromatic carbocycles. The van der Waals surface area contributed by atoms with Crippen LogP contribution >= 0.6 is 11.6 Å². The fraction of sp³-hybridized carbons (Fsp3) is 0.267. The number of halogens is 1. The molecule has 2 aromatic rings. The van der Waals surface area contributed by atoms with Crippen LogP contribution in [0.25, 0.3) is 5.69 Å². The Hall–Kier alpha value is -2.34. The molecule has 6 nitrogen and oxygen atoms in total. The molecule has 0 radical (unpaired) electrons. The highest BCUT2D eigenvalue weighted by atomic mass is 35.5. The molecule has 2 rings (SSSR count). The van der Waals surface area contributed by atoms with E-state index in [9.17, 15) is 9.59 Å². The molecular formula is C15H16ClN3O3. The van der Waals surface area contributed by atoms with Gasteiger partial charge in [0.25, 0.3) is 5.91 Å². The van der Waals surface area contributed by atoms with E-state index in [-0.39, 0.29) is 12.5 Å². The Morgan fingerprint density at radius 2 is 2.18 bits per heavy atom. The van der Waals surface area contributed by atoms with Crippen LogP contribution in [0.15, 0.2) is 30.5 Å². The first kappa shape index (κ1) is 16.0. The lowest BCUT2D eigenvalue weighted by Gasteiger charge is -2.09.